The molecular formula is C31H31N3O2. The van der Waals surface area contributed by atoms with Crippen molar-refractivity contribution in [1.29, 1.82) is 5.26 Å². The minimum absolute atomic E-state index is 0.00651. The summed E-state index contributed by atoms with van der Waals surface area (Å²) < 4.78 is 1.25. The first-order valence-corrected chi connectivity index (χ1v) is 12.5. The average molecular weight is 478 g/mol. The minimum Gasteiger partial charge on any atom is -0.493 e. The summed E-state index contributed by atoms with van der Waals surface area (Å²) in [4.78, 5) is 16.2. The predicted molar refractivity (Wildman–Crippen MR) is 145 cm³/mol. The number of benzene rings is 2. The maximum atomic E-state index is 13.8. The number of rotatable bonds is 3. The van der Waals surface area contributed by atoms with Crippen LogP contribution in [0.4, 0.5) is 5.69 Å². The normalized spacial score (nSPS) is 17.5. The Labute approximate surface area is 211 Å². The van der Waals surface area contributed by atoms with Crippen LogP contribution in [0, 0.1) is 11.3 Å². The van der Waals surface area contributed by atoms with Crippen LogP contribution in [0.25, 0.3) is 18.3 Å². The lowest BCUT2D eigenvalue weighted by atomic mass is 9.83. The second-order valence-corrected chi connectivity index (χ2v) is 10.5. The molecule has 0 atom stereocenters. The molecule has 0 spiro atoms. The summed E-state index contributed by atoms with van der Waals surface area (Å²) >= 11 is 0. The van der Waals surface area contributed by atoms with Gasteiger partial charge in [0, 0.05) is 33.8 Å². The van der Waals surface area contributed by atoms with Gasteiger partial charge in [-0.05, 0) is 53.7 Å². The fraction of sp³-hybridized carbons (Fsp3) is 0.290. The zero-order valence-electron chi connectivity index (χ0n) is 21.3. The standard InChI is InChI=1S/C31H31N3O2/c1-19(2)22-12-6-7-14-26(22)34-29(35)23(20(3)24(18-32)30(34)36)15-16-27-31(4,5)25-13-8-10-21-11-9-17-33(27)28(21)25/h6-8,10,12-16,19,36H,3,9,11,17H2,1-2,4-5H3/b23-15?,27-16+. The molecule has 0 amide bonds. The lowest BCUT2D eigenvalue weighted by Crippen LogP contribution is -2.45. The van der Waals surface area contributed by atoms with Gasteiger partial charge in [0.05, 0.1) is 5.69 Å². The Hall–Kier alpha value is -4.04. The fourth-order valence-electron chi connectivity index (χ4n) is 5.75. The molecule has 3 heterocycles. The van der Waals surface area contributed by atoms with Crippen LogP contribution >= 0.6 is 0 Å². The highest BCUT2D eigenvalue weighted by molar-refractivity contribution is 5.76. The maximum Gasteiger partial charge on any atom is 0.265 e. The van der Waals surface area contributed by atoms with Gasteiger partial charge in [-0.15, -0.1) is 0 Å². The number of nitriles is 1. The van der Waals surface area contributed by atoms with Crippen molar-refractivity contribution in [3.05, 3.63) is 97.3 Å². The van der Waals surface area contributed by atoms with Gasteiger partial charge in [0.1, 0.15) is 11.6 Å². The summed E-state index contributed by atoms with van der Waals surface area (Å²) in [5.41, 5.74) is 5.92. The van der Waals surface area contributed by atoms with Crippen molar-refractivity contribution in [2.45, 2.75) is 51.9 Å². The molecule has 3 aromatic rings. The maximum absolute atomic E-state index is 13.8. The molecule has 0 unspecified atom stereocenters. The van der Waals surface area contributed by atoms with Crippen LogP contribution in [0.5, 0.6) is 5.88 Å². The van der Waals surface area contributed by atoms with Gasteiger partial charge < -0.3 is 10.0 Å². The molecule has 5 nitrogen and oxygen atoms in total. The van der Waals surface area contributed by atoms with Crippen molar-refractivity contribution >= 4 is 18.3 Å². The monoisotopic (exact) mass is 477 g/mol. The average Bonchev–Trinajstić information content (AvgIpc) is 3.07. The molecule has 5 rings (SSSR count). The topological polar surface area (TPSA) is 69.3 Å². The highest BCUT2D eigenvalue weighted by Crippen LogP contribution is 2.50. The number of aryl methyl sites for hydroxylation is 1. The molecule has 2 aliphatic heterocycles. The van der Waals surface area contributed by atoms with Crippen molar-refractivity contribution in [3.8, 4) is 17.6 Å². The van der Waals surface area contributed by atoms with Crippen molar-refractivity contribution in [1.82, 2.24) is 4.57 Å². The summed E-state index contributed by atoms with van der Waals surface area (Å²) in [6.45, 7) is 13.4. The Morgan fingerprint density at radius 1 is 1.14 bits per heavy atom. The number of hydrogen-bond donors (Lipinski definition) is 1. The molecule has 182 valence electrons. The second kappa shape index (κ2) is 8.57. The predicted octanol–water partition coefficient (Wildman–Crippen LogP) is 4.36. The van der Waals surface area contributed by atoms with Crippen molar-refractivity contribution in [2.24, 2.45) is 0 Å². The van der Waals surface area contributed by atoms with Crippen molar-refractivity contribution in [3.63, 3.8) is 0 Å². The van der Waals surface area contributed by atoms with Gasteiger partial charge in [0.2, 0.25) is 5.88 Å². The SMILES string of the molecule is C=c1c(C#N)c(O)n(-c2ccccc2C(C)C)c(=O)c1=C/C=C1/N2CCCc3cccc(c32)C1(C)C. The molecule has 0 bridgehead atoms. The first-order chi connectivity index (χ1) is 17.2. The van der Waals surface area contributed by atoms with E-state index in [1.165, 1.54) is 21.4 Å². The van der Waals surface area contributed by atoms with E-state index in [1.807, 2.05) is 38.1 Å². The third-order valence-electron chi connectivity index (χ3n) is 7.64. The number of hydrogen-bond acceptors (Lipinski definition) is 4. The Morgan fingerprint density at radius 2 is 1.89 bits per heavy atom. The van der Waals surface area contributed by atoms with Crippen LogP contribution in [0.15, 0.2) is 59.0 Å². The molecule has 0 saturated carbocycles. The number of para-hydroxylation sites is 2. The van der Waals surface area contributed by atoms with E-state index in [0.717, 1.165) is 30.6 Å². The smallest absolute Gasteiger partial charge is 0.265 e. The molecule has 2 aliphatic rings. The summed E-state index contributed by atoms with van der Waals surface area (Å²) in [6, 6.07) is 16.1. The quantitative estimate of drug-likeness (QED) is 0.609. The number of aromatic hydroxyl groups is 1. The third kappa shape index (κ3) is 3.40. The summed E-state index contributed by atoms with van der Waals surface area (Å²) in [5.74, 6) is -0.252. The van der Waals surface area contributed by atoms with Crippen LogP contribution < -0.4 is 20.9 Å². The molecule has 2 aromatic carbocycles. The van der Waals surface area contributed by atoms with E-state index in [4.69, 9.17) is 0 Å². The first-order valence-electron chi connectivity index (χ1n) is 12.5. The third-order valence-corrected chi connectivity index (χ3v) is 7.64. The summed E-state index contributed by atoms with van der Waals surface area (Å²) in [6.07, 6.45) is 5.91. The van der Waals surface area contributed by atoms with E-state index < -0.39 is 5.56 Å². The van der Waals surface area contributed by atoms with E-state index in [2.05, 4.69) is 49.6 Å². The van der Waals surface area contributed by atoms with Gasteiger partial charge in [0.15, 0.2) is 0 Å². The minimum atomic E-state index is -0.394. The number of allylic oxidation sites excluding steroid dienone is 2. The first kappa shape index (κ1) is 23.7. The van der Waals surface area contributed by atoms with E-state index in [1.54, 1.807) is 12.1 Å². The van der Waals surface area contributed by atoms with E-state index in [9.17, 15) is 15.2 Å². The molecule has 36 heavy (non-hydrogen) atoms. The molecule has 0 aliphatic carbocycles. The summed E-state index contributed by atoms with van der Waals surface area (Å²) in [7, 11) is 0. The lowest BCUT2D eigenvalue weighted by Gasteiger charge is -2.30. The molecular weight excluding hydrogens is 446 g/mol. The molecule has 1 N–H and O–H groups in total. The Bertz CT molecular complexity index is 1630. The highest BCUT2D eigenvalue weighted by atomic mass is 16.3. The second-order valence-electron chi connectivity index (χ2n) is 10.5. The zero-order valence-corrected chi connectivity index (χ0v) is 21.3. The number of nitrogens with zero attached hydrogens (tertiary/aromatic N) is 3. The highest BCUT2D eigenvalue weighted by Gasteiger charge is 2.41. The Kier molecular flexibility index (Phi) is 5.64. The van der Waals surface area contributed by atoms with Crippen LogP contribution in [0.1, 0.15) is 62.3 Å². The van der Waals surface area contributed by atoms with E-state index >= 15 is 0 Å². The largest absolute Gasteiger partial charge is 0.493 e. The molecule has 0 fully saturated rings. The summed E-state index contributed by atoms with van der Waals surface area (Å²) in [5, 5.41) is 21.4. The van der Waals surface area contributed by atoms with Crippen LogP contribution in [-0.4, -0.2) is 16.2 Å². The van der Waals surface area contributed by atoms with Gasteiger partial charge in [-0.3, -0.25) is 4.79 Å². The molecule has 0 saturated heterocycles. The fourth-order valence-corrected chi connectivity index (χ4v) is 5.75. The van der Waals surface area contributed by atoms with Gasteiger partial charge in [0.25, 0.3) is 5.56 Å². The Balaban J connectivity index is 1.78. The molecule has 0 radical (unpaired) electrons. The van der Waals surface area contributed by atoms with Crippen molar-refractivity contribution in [2.75, 3.05) is 11.4 Å². The number of aromatic nitrogens is 1. The van der Waals surface area contributed by atoms with Gasteiger partial charge >= 0.3 is 0 Å². The van der Waals surface area contributed by atoms with E-state index in [0.29, 0.717) is 10.9 Å². The lowest BCUT2D eigenvalue weighted by molar-refractivity contribution is 0.431. The number of anilines is 1. The number of pyridine rings is 1. The van der Waals surface area contributed by atoms with Gasteiger partial charge in [-0.2, -0.15) is 5.26 Å². The van der Waals surface area contributed by atoms with Gasteiger partial charge in [-0.1, -0.05) is 70.7 Å². The van der Waals surface area contributed by atoms with Crippen LogP contribution in [-0.2, 0) is 11.8 Å². The van der Waals surface area contributed by atoms with Gasteiger partial charge in [-0.25, -0.2) is 4.57 Å². The van der Waals surface area contributed by atoms with E-state index in [-0.39, 0.29) is 28.0 Å². The molecule has 1 aromatic heterocycles. The Morgan fingerprint density at radius 3 is 2.61 bits per heavy atom. The van der Waals surface area contributed by atoms with Crippen LogP contribution in [0.3, 0.4) is 0 Å². The molecule has 5 heteroatoms. The van der Waals surface area contributed by atoms with Crippen LogP contribution in [0.2, 0.25) is 0 Å². The zero-order chi connectivity index (χ0) is 25.8. The van der Waals surface area contributed by atoms with Crippen molar-refractivity contribution < 1.29 is 5.11 Å².